The number of ether oxygens (including phenoxy) is 2. The quantitative estimate of drug-likeness (QED) is 0.244. The van der Waals surface area contributed by atoms with Crippen molar-refractivity contribution in [3.63, 3.8) is 0 Å². The molecule has 0 radical (unpaired) electrons. The molecular weight excluding hydrogens is 534 g/mol. The normalized spacial score (nSPS) is 20.6. The van der Waals surface area contributed by atoms with Gasteiger partial charge in [-0.25, -0.2) is 0 Å². The molecule has 222 valence electrons. The van der Waals surface area contributed by atoms with Gasteiger partial charge >= 0.3 is 0 Å². The molecule has 1 aliphatic heterocycles. The lowest BCUT2D eigenvalue weighted by molar-refractivity contribution is 0.0895. The number of likely N-dealkylation sites (tertiary alicyclic amines) is 1. The van der Waals surface area contributed by atoms with Gasteiger partial charge in [-0.15, -0.1) is 0 Å². The number of benzene rings is 3. The van der Waals surface area contributed by atoms with Gasteiger partial charge in [0.1, 0.15) is 0 Å². The average molecular weight is 576 g/mol. The van der Waals surface area contributed by atoms with Crippen molar-refractivity contribution in [1.29, 1.82) is 0 Å². The molecule has 43 heavy (non-hydrogen) atoms. The van der Waals surface area contributed by atoms with E-state index in [0.717, 1.165) is 98.0 Å². The van der Waals surface area contributed by atoms with E-state index in [4.69, 9.17) is 20.2 Å². The number of methoxy groups -OCH3 is 1. The van der Waals surface area contributed by atoms with Crippen LogP contribution in [0.1, 0.15) is 70.8 Å². The first-order valence-electron chi connectivity index (χ1n) is 15.9. The number of para-hydroxylation sites is 1. The number of nitrogens with zero attached hydrogens (tertiary/aromatic N) is 2. The summed E-state index contributed by atoms with van der Waals surface area (Å²) in [6.07, 6.45) is 7.08. The van der Waals surface area contributed by atoms with E-state index in [1.807, 2.05) is 24.3 Å². The largest absolute Gasteiger partial charge is 0.493 e. The molecule has 2 aliphatic carbocycles. The topological polar surface area (TPSA) is 77.7 Å². The summed E-state index contributed by atoms with van der Waals surface area (Å²) in [6.45, 7) is 3.71. The summed E-state index contributed by atoms with van der Waals surface area (Å²) in [7, 11) is 1.65. The maximum absolute atomic E-state index is 13.5. The van der Waals surface area contributed by atoms with Gasteiger partial charge < -0.3 is 15.2 Å². The van der Waals surface area contributed by atoms with Crippen molar-refractivity contribution in [1.82, 2.24) is 9.88 Å². The molecule has 2 N–H and O–H groups in total. The molecule has 2 unspecified atom stereocenters. The Morgan fingerprint density at radius 2 is 1.74 bits per heavy atom. The molecule has 6 heteroatoms. The van der Waals surface area contributed by atoms with E-state index in [1.54, 1.807) is 7.11 Å². The molecule has 1 saturated heterocycles. The minimum absolute atomic E-state index is 0.0475. The second-order valence-corrected chi connectivity index (χ2v) is 12.7. The predicted octanol–water partition coefficient (Wildman–Crippen LogP) is 6.98. The predicted molar refractivity (Wildman–Crippen MR) is 171 cm³/mol. The van der Waals surface area contributed by atoms with Crippen molar-refractivity contribution in [3.8, 4) is 11.5 Å². The first kappa shape index (κ1) is 27.9. The van der Waals surface area contributed by atoms with Crippen LogP contribution in [0.4, 0.5) is 5.69 Å². The van der Waals surface area contributed by atoms with E-state index in [9.17, 15) is 4.79 Å². The molecule has 1 fully saturated rings. The van der Waals surface area contributed by atoms with E-state index >= 15 is 0 Å². The van der Waals surface area contributed by atoms with Crippen LogP contribution in [-0.4, -0.2) is 42.5 Å². The van der Waals surface area contributed by atoms with Gasteiger partial charge in [0.2, 0.25) is 0 Å². The van der Waals surface area contributed by atoms with Gasteiger partial charge in [-0.1, -0.05) is 48.5 Å². The summed E-state index contributed by atoms with van der Waals surface area (Å²) < 4.78 is 12.2. The Hall–Kier alpha value is -3.90. The molecule has 7 rings (SSSR count). The molecule has 3 aromatic carbocycles. The molecule has 0 spiro atoms. The minimum Gasteiger partial charge on any atom is -0.493 e. The molecule has 1 aromatic heterocycles. The van der Waals surface area contributed by atoms with Crippen molar-refractivity contribution in [2.45, 2.75) is 57.4 Å². The van der Waals surface area contributed by atoms with Gasteiger partial charge in [0.05, 0.1) is 24.9 Å². The zero-order chi connectivity index (χ0) is 29.3. The monoisotopic (exact) mass is 575 g/mol. The lowest BCUT2D eigenvalue weighted by atomic mass is 9.85. The molecule has 0 amide bonds. The molecule has 4 aromatic rings. The number of ketones is 1. The van der Waals surface area contributed by atoms with E-state index < -0.39 is 0 Å². The lowest BCUT2D eigenvalue weighted by Gasteiger charge is -2.32. The van der Waals surface area contributed by atoms with Gasteiger partial charge in [-0.3, -0.25) is 14.7 Å². The summed E-state index contributed by atoms with van der Waals surface area (Å²) in [5.74, 6) is 2.41. The van der Waals surface area contributed by atoms with Crippen molar-refractivity contribution in [3.05, 3.63) is 94.7 Å². The first-order chi connectivity index (χ1) is 21.1. The lowest BCUT2D eigenvalue weighted by Crippen LogP contribution is -2.34. The van der Waals surface area contributed by atoms with Crippen LogP contribution in [-0.2, 0) is 19.4 Å². The number of carbonyl (C=O) groups is 1. The highest BCUT2D eigenvalue weighted by Crippen LogP contribution is 2.42. The van der Waals surface area contributed by atoms with E-state index in [1.165, 1.54) is 11.1 Å². The summed E-state index contributed by atoms with van der Waals surface area (Å²) in [5, 5.41) is 1.03. The van der Waals surface area contributed by atoms with E-state index in [-0.39, 0.29) is 17.6 Å². The van der Waals surface area contributed by atoms with Gasteiger partial charge in [-0.05, 0) is 98.8 Å². The smallest absolute Gasteiger partial charge is 0.166 e. The van der Waals surface area contributed by atoms with Crippen LogP contribution < -0.4 is 15.2 Å². The number of rotatable bonds is 8. The first-order valence-corrected chi connectivity index (χ1v) is 15.9. The summed E-state index contributed by atoms with van der Waals surface area (Å²) >= 11 is 0. The average Bonchev–Trinajstić information content (AvgIpc) is 3.34. The zero-order valence-electron chi connectivity index (χ0n) is 25.1. The SMILES string of the molecule is COc1cc2c(cc1OCC1CCCc3c1nc1ccccc1c3N)CC(CC1CCN(Cc3ccccc3)CC1)C2=O. The van der Waals surface area contributed by atoms with Crippen LogP contribution in [0.5, 0.6) is 11.5 Å². The van der Waals surface area contributed by atoms with Gasteiger partial charge in [0.25, 0.3) is 0 Å². The number of aromatic nitrogens is 1. The number of Topliss-reactive ketones (excluding diaryl/α,β-unsaturated/α-hetero) is 1. The van der Waals surface area contributed by atoms with Crippen LogP contribution in [0.25, 0.3) is 10.9 Å². The Labute approximate surface area is 254 Å². The number of anilines is 1. The molecule has 0 saturated carbocycles. The number of hydrogen-bond acceptors (Lipinski definition) is 6. The number of pyridine rings is 1. The molecule has 3 aliphatic rings. The van der Waals surface area contributed by atoms with E-state index in [0.29, 0.717) is 24.0 Å². The molecule has 2 heterocycles. The molecule has 6 nitrogen and oxygen atoms in total. The summed E-state index contributed by atoms with van der Waals surface area (Å²) in [5.41, 5.74) is 13.9. The number of piperidine rings is 1. The second-order valence-electron chi connectivity index (χ2n) is 12.7. The number of carbonyl (C=O) groups excluding carboxylic acids is 1. The third kappa shape index (κ3) is 5.61. The summed E-state index contributed by atoms with van der Waals surface area (Å²) in [6, 6.07) is 22.8. The molecular formula is C37H41N3O3. The highest BCUT2D eigenvalue weighted by atomic mass is 16.5. The van der Waals surface area contributed by atoms with Crippen LogP contribution in [0, 0.1) is 11.8 Å². The summed E-state index contributed by atoms with van der Waals surface area (Å²) in [4.78, 5) is 21.1. The number of nitrogen functional groups attached to an aromatic ring is 1. The Bertz CT molecular complexity index is 1630. The Balaban J connectivity index is 1.01. The highest BCUT2D eigenvalue weighted by molar-refractivity contribution is 6.03. The van der Waals surface area contributed by atoms with Crippen LogP contribution in [0.2, 0.25) is 0 Å². The van der Waals surface area contributed by atoms with Crippen LogP contribution >= 0.6 is 0 Å². The van der Waals surface area contributed by atoms with Gasteiger partial charge in [-0.2, -0.15) is 0 Å². The fourth-order valence-corrected chi connectivity index (χ4v) is 7.58. The van der Waals surface area contributed by atoms with Crippen molar-refractivity contribution in [2.75, 3.05) is 32.5 Å². The van der Waals surface area contributed by atoms with E-state index in [2.05, 4.69) is 47.4 Å². The maximum Gasteiger partial charge on any atom is 0.166 e. The highest BCUT2D eigenvalue weighted by Gasteiger charge is 2.35. The zero-order valence-corrected chi connectivity index (χ0v) is 25.1. The third-order valence-electron chi connectivity index (χ3n) is 9.94. The number of fused-ring (bicyclic) bond motifs is 3. The maximum atomic E-state index is 13.5. The van der Waals surface area contributed by atoms with Gasteiger partial charge in [0.15, 0.2) is 17.3 Å². The fourth-order valence-electron chi connectivity index (χ4n) is 7.58. The fraction of sp³-hybridized carbons (Fsp3) is 0.405. The third-order valence-corrected chi connectivity index (χ3v) is 9.94. The van der Waals surface area contributed by atoms with Gasteiger partial charge in [0, 0.05) is 35.0 Å². The van der Waals surface area contributed by atoms with Crippen LogP contribution in [0.15, 0.2) is 66.7 Å². The Kier molecular flexibility index (Phi) is 7.79. The number of hydrogen-bond donors (Lipinski definition) is 1. The Morgan fingerprint density at radius 3 is 2.56 bits per heavy atom. The minimum atomic E-state index is 0.0475. The molecule has 0 bridgehead atoms. The molecule has 2 atom stereocenters. The Morgan fingerprint density at radius 1 is 0.953 bits per heavy atom. The standard InChI is InChI=1S/C37H41N3O3/c1-42-33-21-31-27(19-28(37(31)41)18-24-14-16-40(17-15-24)22-25-8-3-2-4-9-25)20-34(33)43-23-26-10-7-12-30-35(38)29-11-5-6-13-32(29)39-36(26)30/h2-6,8-9,11,13,20-21,24,26,28H,7,10,12,14-19,22-23H2,1H3,(H2,38,39). The second kappa shape index (κ2) is 12.0. The van der Waals surface area contributed by atoms with Crippen molar-refractivity contribution >= 4 is 22.4 Å². The van der Waals surface area contributed by atoms with Crippen molar-refractivity contribution < 1.29 is 14.3 Å². The van der Waals surface area contributed by atoms with Crippen LogP contribution in [0.3, 0.4) is 0 Å². The number of nitrogens with two attached hydrogens (primary N) is 1. The van der Waals surface area contributed by atoms with Crippen molar-refractivity contribution in [2.24, 2.45) is 11.8 Å².